The van der Waals surface area contributed by atoms with E-state index in [-0.39, 0.29) is 0 Å². The van der Waals surface area contributed by atoms with Crippen LogP contribution in [0, 0.1) is 29.1 Å². The molecule has 1 heterocycles. The topological polar surface area (TPSA) is 64.6 Å². The summed E-state index contributed by atoms with van der Waals surface area (Å²) >= 11 is 0. The zero-order valence-electron chi connectivity index (χ0n) is 31.5. The van der Waals surface area contributed by atoms with Gasteiger partial charge >= 0.3 is 17.1 Å². The number of hydrogen-bond donors (Lipinski definition) is 0. The van der Waals surface area contributed by atoms with Crippen molar-refractivity contribution in [2.75, 3.05) is 33.5 Å². The molecule has 2 saturated carbocycles. The van der Waals surface area contributed by atoms with Crippen LogP contribution in [-0.4, -0.2) is 84.9 Å². The number of rotatable bonds is 17. The van der Waals surface area contributed by atoms with E-state index >= 15 is 0 Å². The Hall–Kier alpha value is 0.761. The third kappa shape index (κ3) is 11.9. The van der Waals surface area contributed by atoms with Crippen molar-refractivity contribution in [3.05, 3.63) is 12.2 Å². The van der Waals surface area contributed by atoms with Gasteiger partial charge in [0.05, 0.1) is 19.8 Å². The summed E-state index contributed by atoms with van der Waals surface area (Å²) in [6.45, 7) is 32.6. The minimum atomic E-state index is -2.14. The molecule has 4 aliphatic rings. The minimum absolute atomic E-state index is 0.295. The summed E-state index contributed by atoms with van der Waals surface area (Å²) < 4.78 is 43.0. The average molecular weight is 735 g/mol. The van der Waals surface area contributed by atoms with Crippen LogP contribution in [0.25, 0.3) is 0 Å². The smallest absolute Gasteiger partial charge is 0.329 e. The van der Waals surface area contributed by atoms with Crippen LogP contribution in [0.5, 0.6) is 0 Å². The Morgan fingerprint density at radius 2 is 1.53 bits per heavy atom. The van der Waals surface area contributed by atoms with Crippen LogP contribution in [0.4, 0.5) is 0 Å². The molecule has 45 heavy (non-hydrogen) atoms. The van der Waals surface area contributed by atoms with Crippen LogP contribution in [0.3, 0.4) is 0 Å². The second-order valence-electron chi connectivity index (χ2n) is 17.5. The van der Waals surface area contributed by atoms with Gasteiger partial charge in [0.25, 0.3) is 9.28 Å². The third-order valence-electron chi connectivity index (χ3n) is 10.1. The zero-order chi connectivity index (χ0) is 33.9. The molecule has 0 aromatic carbocycles. The molecule has 0 spiro atoms. The van der Waals surface area contributed by atoms with Gasteiger partial charge in [-0.3, -0.25) is 0 Å². The van der Waals surface area contributed by atoms with E-state index in [0.717, 1.165) is 69.0 Å². The molecule has 7 atom stereocenters. The Kier molecular flexibility index (Phi) is 14.1. The van der Waals surface area contributed by atoms with Gasteiger partial charge in [0.2, 0.25) is 0 Å². The summed E-state index contributed by atoms with van der Waals surface area (Å²) in [6.07, 6.45) is 11.1. The molecule has 264 valence electrons. The monoisotopic (exact) mass is 734 g/mol. The number of fused-ring (bicyclic) bond motifs is 5. The van der Waals surface area contributed by atoms with E-state index in [9.17, 15) is 0 Å². The lowest BCUT2D eigenvalue weighted by Crippen LogP contribution is -2.51. The molecule has 7 nitrogen and oxygen atoms in total. The number of ether oxygens (including phenoxy) is 2. The van der Waals surface area contributed by atoms with Gasteiger partial charge in [-0.05, 0) is 140 Å². The van der Waals surface area contributed by atoms with Crippen LogP contribution >= 0.6 is 0 Å². The molecule has 1 saturated heterocycles. The lowest BCUT2D eigenvalue weighted by atomic mass is 9.81. The summed E-state index contributed by atoms with van der Waals surface area (Å²) in [5, 5.41) is 0. The van der Waals surface area contributed by atoms with Gasteiger partial charge in [0, 0.05) is 24.7 Å². The van der Waals surface area contributed by atoms with E-state index < -0.39 is 51.4 Å². The highest BCUT2D eigenvalue weighted by molar-refractivity contribution is 6.87. The Morgan fingerprint density at radius 1 is 0.867 bits per heavy atom. The fourth-order valence-corrected chi connectivity index (χ4v) is 32.1. The second-order valence-corrected chi connectivity index (χ2v) is 40.6. The number of allylic oxidation sites excluding steroid dienone is 2. The van der Waals surface area contributed by atoms with E-state index in [4.69, 9.17) is 30.4 Å². The highest BCUT2D eigenvalue weighted by Crippen LogP contribution is 2.63. The second kappa shape index (κ2) is 15.8. The Morgan fingerprint density at radius 3 is 2.07 bits per heavy atom. The molecule has 2 bridgehead atoms. The summed E-state index contributed by atoms with van der Waals surface area (Å²) in [5.74, 6) is 3.46. The SMILES string of the molecule is CCC1(COCCC[Si](C)(C)O[Si](C)(C)O[Si](C)(C)C)COC1.CO[Si](C)(O[SiH](C)O[Si](C)(C)C)C1CC2CC1C1CC=CC21. The van der Waals surface area contributed by atoms with E-state index in [1.807, 2.05) is 7.11 Å². The fraction of sp³-hybridized carbons (Fsp3) is 0.938. The van der Waals surface area contributed by atoms with Gasteiger partial charge in [-0.15, -0.1) is 0 Å². The Labute approximate surface area is 284 Å². The Balaban J connectivity index is 0.000000245. The van der Waals surface area contributed by atoms with Gasteiger partial charge in [-0.25, -0.2) is 0 Å². The van der Waals surface area contributed by atoms with Gasteiger partial charge in [-0.1, -0.05) is 19.1 Å². The third-order valence-corrected chi connectivity index (χ3v) is 30.4. The highest BCUT2D eigenvalue weighted by atomic mass is 28.5. The van der Waals surface area contributed by atoms with E-state index in [0.29, 0.717) is 11.0 Å². The van der Waals surface area contributed by atoms with Crippen molar-refractivity contribution in [3.8, 4) is 0 Å². The molecule has 3 aliphatic carbocycles. The van der Waals surface area contributed by atoms with Gasteiger partial charge in [-0.2, -0.15) is 0 Å². The van der Waals surface area contributed by atoms with Crippen molar-refractivity contribution >= 4 is 51.4 Å². The summed E-state index contributed by atoms with van der Waals surface area (Å²) in [7, 11) is -8.60. The van der Waals surface area contributed by atoms with Crippen molar-refractivity contribution in [1.29, 1.82) is 0 Å². The lowest BCUT2D eigenvalue weighted by molar-refractivity contribution is -0.150. The molecule has 13 heteroatoms. The maximum Gasteiger partial charge on any atom is 0.329 e. The molecule has 0 aromatic rings. The van der Waals surface area contributed by atoms with Crippen LogP contribution < -0.4 is 0 Å². The molecular formula is C32H70O7Si6. The maximum atomic E-state index is 6.60. The number of hydrogen-bond acceptors (Lipinski definition) is 7. The summed E-state index contributed by atoms with van der Waals surface area (Å²) in [5.41, 5.74) is 0.965. The highest BCUT2D eigenvalue weighted by Gasteiger charge is 2.59. The molecule has 0 radical (unpaired) electrons. The molecule has 7 unspecified atom stereocenters. The Bertz CT molecular complexity index is 959. The van der Waals surface area contributed by atoms with E-state index in [1.54, 1.807) is 0 Å². The van der Waals surface area contributed by atoms with E-state index in [2.05, 4.69) is 97.6 Å². The van der Waals surface area contributed by atoms with Crippen LogP contribution in [0.15, 0.2) is 12.2 Å². The van der Waals surface area contributed by atoms with Crippen molar-refractivity contribution in [3.63, 3.8) is 0 Å². The van der Waals surface area contributed by atoms with Crippen molar-refractivity contribution < 1.29 is 30.4 Å². The van der Waals surface area contributed by atoms with Gasteiger partial charge in [0.15, 0.2) is 25.0 Å². The maximum absolute atomic E-state index is 6.60. The van der Waals surface area contributed by atoms with Crippen molar-refractivity contribution in [2.45, 2.75) is 129 Å². The predicted octanol–water partition coefficient (Wildman–Crippen LogP) is 8.62. The van der Waals surface area contributed by atoms with E-state index in [1.165, 1.54) is 19.3 Å². The zero-order valence-corrected chi connectivity index (χ0v) is 37.7. The van der Waals surface area contributed by atoms with Crippen LogP contribution in [0.1, 0.15) is 39.0 Å². The first-order chi connectivity index (χ1) is 20.6. The average Bonchev–Trinajstić information content (AvgIpc) is 3.56. The fourth-order valence-electron chi connectivity index (χ4n) is 8.44. The van der Waals surface area contributed by atoms with Crippen molar-refractivity contribution in [2.24, 2.45) is 29.1 Å². The molecule has 0 N–H and O–H groups in total. The molecular weight excluding hydrogens is 665 g/mol. The van der Waals surface area contributed by atoms with Crippen LogP contribution in [-0.2, 0) is 30.4 Å². The van der Waals surface area contributed by atoms with Gasteiger partial charge in [0.1, 0.15) is 0 Å². The molecule has 4 rings (SSSR count). The standard InChI is InChI=1S/C16H38O4Si3.C16H32O3Si3/c1-9-16(14-18-15-16)13-17-11-10-12-22(5,6)20-23(7,8)19-21(2,3)4;1-17-22(6,19-20(2)18-21(3,4)5)16-11-12-10-15(16)14-9-7-8-13(12)14/h9-15H2,1-8H3;7-8,12-16,20H,9-11H2,1-6H3. The summed E-state index contributed by atoms with van der Waals surface area (Å²) in [6, 6.07) is 1.13. The molecule has 3 fully saturated rings. The molecule has 0 aromatic heterocycles. The normalized spacial score (nSPS) is 29.5. The first-order valence-corrected chi connectivity index (χ1v) is 35.0. The molecule has 0 amide bonds. The molecule has 1 aliphatic heterocycles. The minimum Gasteiger partial charge on any atom is -0.439 e. The summed E-state index contributed by atoms with van der Waals surface area (Å²) in [4.78, 5) is 0. The predicted molar refractivity (Wildman–Crippen MR) is 202 cm³/mol. The van der Waals surface area contributed by atoms with Crippen molar-refractivity contribution in [1.82, 2.24) is 0 Å². The lowest BCUT2D eigenvalue weighted by Gasteiger charge is -2.41. The first kappa shape index (κ1) is 40.2. The largest absolute Gasteiger partial charge is 0.439 e. The first-order valence-electron chi connectivity index (χ1n) is 17.8. The van der Waals surface area contributed by atoms with Gasteiger partial charge < -0.3 is 30.4 Å². The van der Waals surface area contributed by atoms with Crippen LogP contribution in [0.2, 0.25) is 90.1 Å². The quantitative estimate of drug-likeness (QED) is 0.0843.